The quantitative estimate of drug-likeness (QED) is 0.814. The van der Waals surface area contributed by atoms with Crippen LogP contribution < -0.4 is 10.6 Å². The molecule has 0 aromatic heterocycles. The molecule has 1 saturated heterocycles. The normalized spacial score (nSPS) is 24.8. The van der Waals surface area contributed by atoms with Crippen molar-refractivity contribution in [2.45, 2.75) is 64.1 Å². The van der Waals surface area contributed by atoms with Gasteiger partial charge in [-0.05, 0) is 37.2 Å². The zero-order valence-corrected chi connectivity index (χ0v) is 15.7. The van der Waals surface area contributed by atoms with Crippen LogP contribution >= 0.6 is 0 Å². The Hall–Kier alpha value is -1.88. The van der Waals surface area contributed by atoms with Gasteiger partial charge in [0, 0.05) is 31.7 Å². The zero-order chi connectivity index (χ0) is 18.4. The molecule has 2 amide bonds. The summed E-state index contributed by atoms with van der Waals surface area (Å²) in [5.74, 6) is -0.471. The second-order valence-electron chi connectivity index (χ2n) is 7.85. The smallest absolute Gasteiger partial charge is 0.309 e. The Labute approximate surface area is 156 Å². The summed E-state index contributed by atoms with van der Waals surface area (Å²) in [6, 6.07) is 10.7. The number of carbonyl (C=O) groups is 2. The first-order valence-electron chi connectivity index (χ1n) is 9.99. The van der Waals surface area contributed by atoms with E-state index >= 15 is 0 Å². The van der Waals surface area contributed by atoms with Gasteiger partial charge >= 0.3 is 11.8 Å². The van der Waals surface area contributed by atoms with E-state index in [9.17, 15) is 9.59 Å². The molecule has 0 bridgehead atoms. The standard InChI is InChI=1S/C21H31N3O2/c1-16-7-5-6-10-19(16)23-21(26)20(25)22-18-11-13-24(14-12-18)15-17-8-3-2-4-9-17/h2-4,8-9,16,18-19H,5-7,10-15H2,1H3,(H,22,25)(H,23,26). The van der Waals surface area contributed by atoms with Gasteiger partial charge in [0.25, 0.3) is 0 Å². The number of nitrogens with zero attached hydrogens (tertiary/aromatic N) is 1. The molecule has 26 heavy (non-hydrogen) atoms. The molecular weight excluding hydrogens is 326 g/mol. The summed E-state index contributed by atoms with van der Waals surface area (Å²) < 4.78 is 0. The Balaban J connectivity index is 1.39. The average molecular weight is 357 g/mol. The van der Waals surface area contributed by atoms with Crippen LogP contribution in [-0.2, 0) is 16.1 Å². The van der Waals surface area contributed by atoms with E-state index in [-0.39, 0.29) is 12.1 Å². The SMILES string of the molecule is CC1CCCCC1NC(=O)C(=O)NC1CCN(Cc2ccccc2)CC1. The molecule has 2 fully saturated rings. The minimum absolute atomic E-state index is 0.101. The third kappa shape index (κ3) is 5.31. The number of likely N-dealkylation sites (tertiary alicyclic amines) is 1. The summed E-state index contributed by atoms with van der Waals surface area (Å²) in [4.78, 5) is 26.8. The van der Waals surface area contributed by atoms with Crippen LogP contribution in [0.3, 0.4) is 0 Å². The number of amides is 2. The predicted octanol–water partition coefficient (Wildman–Crippen LogP) is 2.46. The van der Waals surface area contributed by atoms with E-state index in [0.29, 0.717) is 5.92 Å². The van der Waals surface area contributed by atoms with E-state index in [1.54, 1.807) is 0 Å². The van der Waals surface area contributed by atoms with E-state index in [4.69, 9.17) is 0 Å². The number of rotatable bonds is 4. The summed E-state index contributed by atoms with van der Waals surface area (Å²) >= 11 is 0. The van der Waals surface area contributed by atoms with Crippen LogP contribution in [0.25, 0.3) is 0 Å². The van der Waals surface area contributed by atoms with Crippen molar-refractivity contribution in [3.63, 3.8) is 0 Å². The molecule has 1 saturated carbocycles. The maximum absolute atomic E-state index is 12.2. The van der Waals surface area contributed by atoms with E-state index in [2.05, 4.69) is 46.7 Å². The molecule has 2 atom stereocenters. The van der Waals surface area contributed by atoms with Crippen molar-refractivity contribution in [2.75, 3.05) is 13.1 Å². The van der Waals surface area contributed by atoms with E-state index in [0.717, 1.165) is 51.7 Å². The number of carbonyl (C=O) groups excluding carboxylic acids is 2. The average Bonchev–Trinajstić information content (AvgIpc) is 2.66. The molecule has 1 aromatic rings. The minimum Gasteiger partial charge on any atom is -0.345 e. The lowest BCUT2D eigenvalue weighted by atomic mass is 9.86. The van der Waals surface area contributed by atoms with Crippen molar-refractivity contribution in [1.82, 2.24) is 15.5 Å². The van der Waals surface area contributed by atoms with Crippen molar-refractivity contribution in [2.24, 2.45) is 5.92 Å². The van der Waals surface area contributed by atoms with Crippen LogP contribution in [0.1, 0.15) is 51.0 Å². The Kier molecular flexibility index (Phi) is 6.67. The molecule has 1 aliphatic carbocycles. The van der Waals surface area contributed by atoms with Gasteiger partial charge in [0.15, 0.2) is 0 Å². The number of hydrogen-bond acceptors (Lipinski definition) is 3. The molecule has 5 nitrogen and oxygen atoms in total. The first kappa shape index (κ1) is 18.9. The van der Waals surface area contributed by atoms with Crippen LogP contribution in [0.4, 0.5) is 0 Å². The largest absolute Gasteiger partial charge is 0.345 e. The molecule has 1 aliphatic heterocycles. The zero-order valence-electron chi connectivity index (χ0n) is 15.7. The Morgan fingerprint density at radius 3 is 2.31 bits per heavy atom. The highest BCUT2D eigenvalue weighted by atomic mass is 16.2. The van der Waals surface area contributed by atoms with E-state index in [1.807, 2.05) is 6.07 Å². The first-order valence-corrected chi connectivity index (χ1v) is 9.99. The van der Waals surface area contributed by atoms with Gasteiger partial charge < -0.3 is 10.6 Å². The first-order chi connectivity index (χ1) is 12.6. The molecule has 1 heterocycles. The van der Waals surface area contributed by atoms with Gasteiger partial charge in [-0.25, -0.2) is 0 Å². The van der Waals surface area contributed by atoms with Crippen LogP contribution in [0.5, 0.6) is 0 Å². The van der Waals surface area contributed by atoms with Gasteiger partial charge in [-0.15, -0.1) is 0 Å². The van der Waals surface area contributed by atoms with Crippen molar-refractivity contribution < 1.29 is 9.59 Å². The lowest BCUT2D eigenvalue weighted by Crippen LogP contribution is -2.51. The van der Waals surface area contributed by atoms with Crippen LogP contribution in [-0.4, -0.2) is 41.9 Å². The lowest BCUT2D eigenvalue weighted by molar-refractivity contribution is -0.140. The molecule has 0 radical (unpaired) electrons. The molecule has 3 rings (SSSR count). The summed E-state index contributed by atoms with van der Waals surface area (Å²) in [5, 5.41) is 5.87. The van der Waals surface area contributed by atoms with Crippen LogP contribution in [0.2, 0.25) is 0 Å². The third-order valence-electron chi connectivity index (χ3n) is 5.81. The van der Waals surface area contributed by atoms with Gasteiger partial charge in [-0.3, -0.25) is 14.5 Å². The molecule has 2 aliphatic rings. The number of benzene rings is 1. The summed E-state index contributed by atoms with van der Waals surface area (Å²) in [6.45, 7) is 4.99. The van der Waals surface area contributed by atoms with Gasteiger partial charge in [-0.2, -0.15) is 0 Å². The fourth-order valence-corrected chi connectivity index (χ4v) is 4.09. The van der Waals surface area contributed by atoms with E-state index < -0.39 is 11.8 Å². The fourth-order valence-electron chi connectivity index (χ4n) is 4.09. The number of nitrogens with one attached hydrogen (secondary N) is 2. The van der Waals surface area contributed by atoms with Crippen molar-refractivity contribution >= 4 is 11.8 Å². The lowest BCUT2D eigenvalue weighted by Gasteiger charge is -2.32. The third-order valence-corrected chi connectivity index (χ3v) is 5.81. The van der Waals surface area contributed by atoms with Crippen molar-refractivity contribution in [1.29, 1.82) is 0 Å². The highest BCUT2D eigenvalue weighted by molar-refractivity contribution is 6.35. The number of hydrogen-bond donors (Lipinski definition) is 2. The van der Waals surface area contributed by atoms with Gasteiger partial charge in [0.05, 0.1) is 0 Å². The molecule has 2 N–H and O–H groups in total. The maximum Gasteiger partial charge on any atom is 0.309 e. The Morgan fingerprint density at radius 2 is 1.62 bits per heavy atom. The summed E-state index contributed by atoms with van der Waals surface area (Å²) in [5.41, 5.74) is 1.32. The Bertz CT molecular complexity index is 597. The van der Waals surface area contributed by atoms with Gasteiger partial charge in [-0.1, -0.05) is 50.1 Å². The molecular formula is C21H31N3O2. The molecule has 142 valence electrons. The van der Waals surface area contributed by atoms with Crippen molar-refractivity contribution in [3.8, 4) is 0 Å². The van der Waals surface area contributed by atoms with Crippen LogP contribution in [0, 0.1) is 5.92 Å². The van der Waals surface area contributed by atoms with Gasteiger partial charge in [0.1, 0.15) is 0 Å². The minimum atomic E-state index is -0.468. The Morgan fingerprint density at radius 1 is 0.962 bits per heavy atom. The van der Waals surface area contributed by atoms with E-state index in [1.165, 1.54) is 12.0 Å². The fraction of sp³-hybridized carbons (Fsp3) is 0.619. The summed E-state index contributed by atoms with van der Waals surface area (Å²) in [6.07, 6.45) is 6.26. The maximum atomic E-state index is 12.2. The predicted molar refractivity (Wildman–Crippen MR) is 102 cm³/mol. The van der Waals surface area contributed by atoms with Gasteiger partial charge in [0.2, 0.25) is 0 Å². The summed E-state index contributed by atoms with van der Waals surface area (Å²) in [7, 11) is 0. The topological polar surface area (TPSA) is 61.4 Å². The highest BCUT2D eigenvalue weighted by Crippen LogP contribution is 2.23. The second kappa shape index (κ2) is 9.17. The molecule has 2 unspecified atom stereocenters. The molecule has 0 spiro atoms. The highest BCUT2D eigenvalue weighted by Gasteiger charge is 2.27. The van der Waals surface area contributed by atoms with Crippen LogP contribution in [0.15, 0.2) is 30.3 Å². The monoisotopic (exact) mass is 357 g/mol. The molecule has 1 aromatic carbocycles. The second-order valence-corrected chi connectivity index (χ2v) is 7.85. The molecule has 5 heteroatoms. The van der Waals surface area contributed by atoms with Crippen molar-refractivity contribution in [3.05, 3.63) is 35.9 Å². The number of piperidine rings is 1.